The average molecular weight is 376 g/mol. The van der Waals surface area contributed by atoms with Crippen molar-refractivity contribution >= 4 is 11.9 Å². The van der Waals surface area contributed by atoms with Crippen LogP contribution in [0.5, 0.6) is 0 Å². The second kappa shape index (κ2) is 7.98. The molecule has 1 saturated heterocycles. The van der Waals surface area contributed by atoms with Gasteiger partial charge in [-0.15, -0.1) is 0 Å². The number of rotatable bonds is 6. The Kier molecular flexibility index (Phi) is 5.86. The van der Waals surface area contributed by atoms with Gasteiger partial charge in [0.2, 0.25) is 0 Å². The topological polar surface area (TPSA) is 72.8 Å². The molecule has 1 N–H and O–H groups in total. The van der Waals surface area contributed by atoms with Gasteiger partial charge in [0.15, 0.2) is 18.2 Å². The van der Waals surface area contributed by atoms with Crippen LogP contribution in [0.15, 0.2) is 30.3 Å². The molecule has 3 rings (SSSR count). The number of benzene rings is 1. The summed E-state index contributed by atoms with van der Waals surface area (Å²) in [6.45, 7) is 1.55. The van der Waals surface area contributed by atoms with E-state index in [9.17, 15) is 14.7 Å². The third kappa shape index (κ3) is 4.17. The van der Waals surface area contributed by atoms with E-state index in [4.69, 9.17) is 9.47 Å². The van der Waals surface area contributed by atoms with Gasteiger partial charge < -0.3 is 19.1 Å². The highest BCUT2D eigenvalue weighted by molar-refractivity contribution is 5.81. The number of hydrogen-bond donors (Lipinski definition) is 1. The Morgan fingerprint density at radius 1 is 1.19 bits per heavy atom. The minimum absolute atomic E-state index is 0.121. The summed E-state index contributed by atoms with van der Waals surface area (Å²) in [5.41, 5.74) is -1.00. The van der Waals surface area contributed by atoms with Crippen molar-refractivity contribution in [1.29, 1.82) is 0 Å². The lowest BCUT2D eigenvalue weighted by Gasteiger charge is -2.33. The predicted molar refractivity (Wildman–Crippen MR) is 99.6 cm³/mol. The van der Waals surface area contributed by atoms with E-state index in [0.717, 1.165) is 32.2 Å². The molecular weight excluding hydrogens is 346 g/mol. The van der Waals surface area contributed by atoms with E-state index in [1.54, 1.807) is 12.1 Å². The number of methoxy groups -OCH3 is 1. The molecule has 1 heterocycles. The number of likely N-dealkylation sites (tertiary alicyclic amines) is 1. The first-order valence-electron chi connectivity index (χ1n) is 9.77. The van der Waals surface area contributed by atoms with E-state index in [0.29, 0.717) is 23.0 Å². The van der Waals surface area contributed by atoms with Crippen molar-refractivity contribution in [3.8, 4) is 0 Å². The second-order valence-electron chi connectivity index (χ2n) is 8.19. The van der Waals surface area contributed by atoms with E-state index in [-0.39, 0.29) is 24.5 Å². The van der Waals surface area contributed by atoms with Crippen LogP contribution >= 0.6 is 0 Å². The van der Waals surface area contributed by atoms with E-state index in [1.165, 1.54) is 7.11 Å². The van der Waals surface area contributed by atoms with Crippen molar-refractivity contribution < 1.29 is 28.7 Å². The molecule has 1 aromatic carbocycles. The summed E-state index contributed by atoms with van der Waals surface area (Å²) in [7, 11) is 3.34. The van der Waals surface area contributed by atoms with Crippen molar-refractivity contribution in [2.45, 2.75) is 43.8 Å². The number of esters is 2. The Labute approximate surface area is 160 Å². The quantitative estimate of drug-likeness (QED) is 0.607. The number of carbonyl (C=O) groups excluding carboxylic acids is 2. The van der Waals surface area contributed by atoms with Crippen molar-refractivity contribution in [3.63, 3.8) is 0 Å². The largest absolute Gasteiger partial charge is 0.465 e. The first kappa shape index (κ1) is 19.8. The van der Waals surface area contributed by atoms with Gasteiger partial charge >= 0.3 is 11.9 Å². The normalized spacial score (nSPS) is 27.9. The Hall–Kier alpha value is -1.92. The first-order chi connectivity index (χ1) is 12.9. The van der Waals surface area contributed by atoms with Gasteiger partial charge in [-0.3, -0.25) is 0 Å². The number of likely N-dealkylation sites (N-methyl/N-ethyl adjacent to an activating group) is 1. The zero-order chi connectivity index (χ0) is 19.5. The molecule has 0 spiro atoms. The third-order valence-electron chi connectivity index (χ3n) is 6.12. The minimum atomic E-state index is -1.61. The molecule has 148 valence electrons. The van der Waals surface area contributed by atoms with Crippen LogP contribution < -0.4 is 0 Å². The van der Waals surface area contributed by atoms with Gasteiger partial charge in [-0.2, -0.15) is 0 Å². The fourth-order valence-electron chi connectivity index (χ4n) is 4.54. The Morgan fingerprint density at radius 2 is 1.85 bits per heavy atom. The second-order valence-corrected chi connectivity index (χ2v) is 8.19. The molecule has 1 aromatic rings. The van der Waals surface area contributed by atoms with Gasteiger partial charge in [0.25, 0.3) is 0 Å². The number of nitrogens with zero attached hydrogens (tertiary/aromatic N) is 1. The van der Waals surface area contributed by atoms with Crippen molar-refractivity contribution in [2.75, 3.05) is 33.8 Å². The third-order valence-corrected chi connectivity index (χ3v) is 6.12. The molecule has 0 bridgehead atoms. The zero-order valence-corrected chi connectivity index (χ0v) is 16.2. The number of carbonyl (C=O) groups is 2. The summed E-state index contributed by atoms with van der Waals surface area (Å²) >= 11 is 0. The maximum absolute atomic E-state index is 13.1. The first-order valence-corrected chi connectivity index (χ1v) is 9.77. The molecule has 0 radical (unpaired) electrons. The molecule has 6 heteroatoms. The highest BCUT2D eigenvalue weighted by Crippen LogP contribution is 2.42. The van der Waals surface area contributed by atoms with Crippen LogP contribution in [0.1, 0.15) is 37.7 Å². The molecule has 2 aliphatic rings. The van der Waals surface area contributed by atoms with Crippen LogP contribution in [0.3, 0.4) is 0 Å². The van der Waals surface area contributed by atoms with E-state index in [2.05, 4.69) is 0 Å². The van der Waals surface area contributed by atoms with Crippen LogP contribution in [0.25, 0.3) is 0 Å². The molecular formula is C21H30NO5+. The average Bonchev–Trinajstić information content (AvgIpc) is 3.32. The van der Waals surface area contributed by atoms with Gasteiger partial charge in [0.1, 0.15) is 6.54 Å². The van der Waals surface area contributed by atoms with Crippen molar-refractivity contribution in [1.82, 2.24) is 0 Å². The number of hydrogen-bond acceptors (Lipinski definition) is 5. The van der Waals surface area contributed by atoms with Crippen LogP contribution in [0.2, 0.25) is 0 Å². The Balaban J connectivity index is 1.73. The standard InChI is InChI=1S/C21H30NO5/c1-22(15-19(23)26-2)13-12-18(14-22)27-20(24)21(25,17-10-6-7-11-17)16-8-4-3-5-9-16/h3-5,8-9,17-18,25H,6-7,10-15H2,1-2H3/q+1/t18?,21-,22?/m1/s1. The SMILES string of the molecule is COC(=O)C[N+]1(C)CCC(OC(=O)[C@@](O)(c2ccccc2)C2CCCC2)C1. The van der Waals surface area contributed by atoms with Gasteiger partial charge in [0, 0.05) is 12.3 Å². The minimum Gasteiger partial charge on any atom is -0.465 e. The number of aliphatic hydroxyl groups is 1. The molecule has 27 heavy (non-hydrogen) atoms. The lowest BCUT2D eigenvalue weighted by molar-refractivity contribution is -0.891. The summed E-state index contributed by atoms with van der Waals surface area (Å²) in [6, 6.07) is 9.14. The van der Waals surface area contributed by atoms with Gasteiger partial charge in [-0.1, -0.05) is 43.2 Å². The summed E-state index contributed by atoms with van der Waals surface area (Å²) in [4.78, 5) is 24.8. The van der Waals surface area contributed by atoms with Crippen molar-refractivity contribution in [2.24, 2.45) is 5.92 Å². The monoisotopic (exact) mass is 376 g/mol. The smallest absolute Gasteiger partial charge is 0.361 e. The lowest BCUT2D eigenvalue weighted by Crippen LogP contribution is -2.48. The highest BCUT2D eigenvalue weighted by Gasteiger charge is 2.49. The molecule has 0 aromatic heterocycles. The lowest BCUT2D eigenvalue weighted by atomic mass is 9.80. The molecule has 3 atom stereocenters. The van der Waals surface area contributed by atoms with E-state index in [1.807, 2.05) is 25.2 Å². The van der Waals surface area contributed by atoms with Crippen LogP contribution in [0.4, 0.5) is 0 Å². The Bertz CT molecular complexity index is 672. The summed E-state index contributed by atoms with van der Waals surface area (Å²) in [5, 5.41) is 11.5. The predicted octanol–water partition coefficient (Wildman–Crippen LogP) is 2.00. The maximum atomic E-state index is 13.1. The summed E-state index contributed by atoms with van der Waals surface area (Å²) in [5.74, 6) is -0.946. The zero-order valence-electron chi connectivity index (χ0n) is 16.2. The molecule has 1 saturated carbocycles. The Morgan fingerprint density at radius 3 is 2.48 bits per heavy atom. The fourth-order valence-corrected chi connectivity index (χ4v) is 4.54. The van der Waals surface area contributed by atoms with Crippen LogP contribution in [-0.4, -0.2) is 61.4 Å². The van der Waals surface area contributed by atoms with E-state index < -0.39 is 11.6 Å². The molecule has 1 aliphatic heterocycles. The molecule has 2 fully saturated rings. The van der Waals surface area contributed by atoms with Crippen LogP contribution in [0, 0.1) is 5.92 Å². The van der Waals surface area contributed by atoms with Crippen molar-refractivity contribution in [3.05, 3.63) is 35.9 Å². The fraction of sp³-hybridized carbons (Fsp3) is 0.619. The number of quaternary nitrogens is 1. The molecule has 1 aliphatic carbocycles. The summed E-state index contributed by atoms with van der Waals surface area (Å²) < 4.78 is 11.1. The van der Waals surface area contributed by atoms with Gasteiger partial charge in [0.05, 0.1) is 20.7 Å². The number of ether oxygens (including phenoxy) is 2. The van der Waals surface area contributed by atoms with Gasteiger partial charge in [-0.05, 0) is 18.4 Å². The summed E-state index contributed by atoms with van der Waals surface area (Å²) in [6.07, 6.45) is 4.05. The molecule has 0 amide bonds. The maximum Gasteiger partial charge on any atom is 0.361 e. The molecule has 2 unspecified atom stereocenters. The molecule has 6 nitrogen and oxygen atoms in total. The highest BCUT2D eigenvalue weighted by atomic mass is 16.6. The van der Waals surface area contributed by atoms with Gasteiger partial charge in [-0.25, -0.2) is 9.59 Å². The van der Waals surface area contributed by atoms with E-state index >= 15 is 0 Å². The van der Waals surface area contributed by atoms with Crippen LogP contribution in [-0.2, 0) is 24.7 Å².